The number of hydrogen-bond donors (Lipinski definition) is 2. The lowest BCUT2D eigenvalue weighted by molar-refractivity contribution is 0.545. The smallest absolute Gasteiger partial charge is 0.0382 e. The van der Waals surface area contributed by atoms with Gasteiger partial charge in [-0.25, -0.2) is 0 Å². The molecule has 25 heavy (non-hydrogen) atoms. The van der Waals surface area contributed by atoms with E-state index in [1.54, 1.807) is 0 Å². The monoisotopic (exact) mass is 460 g/mol. The summed E-state index contributed by atoms with van der Waals surface area (Å²) in [6, 6.07) is 6.41. The molecule has 4 heteroatoms. The summed E-state index contributed by atoms with van der Waals surface area (Å²) in [7, 11) is 0. The van der Waals surface area contributed by atoms with Crippen molar-refractivity contribution in [3.8, 4) is 0 Å². The number of anilines is 1. The molecule has 3 rings (SSSR count). The second kappa shape index (κ2) is 8.81. The molecule has 0 aromatic heterocycles. The van der Waals surface area contributed by atoms with Crippen molar-refractivity contribution in [3.05, 3.63) is 75.2 Å². The Bertz CT molecular complexity index is 739. The molecule has 0 bridgehead atoms. The predicted molar refractivity (Wildman–Crippen MR) is 114 cm³/mol. The highest BCUT2D eigenvalue weighted by atomic mass is 79.9. The van der Waals surface area contributed by atoms with Crippen LogP contribution in [0.1, 0.15) is 25.7 Å². The van der Waals surface area contributed by atoms with Gasteiger partial charge in [0, 0.05) is 38.7 Å². The first kappa shape index (κ1) is 18.4. The average Bonchev–Trinajstić information content (AvgIpc) is 2.62. The van der Waals surface area contributed by atoms with Gasteiger partial charge in [-0.05, 0) is 43.0 Å². The van der Waals surface area contributed by atoms with Crippen LogP contribution in [0.2, 0.25) is 0 Å². The maximum Gasteiger partial charge on any atom is 0.0382 e. The molecule has 0 aliphatic heterocycles. The highest BCUT2D eigenvalue weighted by Gasteiger charge is 2.22. The highest BCUT2D eigenvalue weighted by Crippen LogP contribution is 2.28. The van der Waals surface area contributed by atoms with Gasteiger partial charge in [-0.3, -0.25) is 0 Å². The van der Waals surface area contributed by atoms with E-state index in [2.05, 4.69) is 91.8 Å². The second-order valence-corrected chi connectivity index (χ2v) is 8.29. The summed E-state index contributed by atoms with van der Waals surface area (Å²) in [5.74, 6) is 0.392. The van der Waals surface area contributed by atoms with Crippen LogP contribution >= 0.6 is 31.9 Å². The van der Waals surface area contributed by atoms with Gasteiger partial charge in [0.05, 0.1) is 0 Å². The van der Waals surface area contributed by atoms with Gasteiger partial charge in [-0.1, -0.05) is 74.4 Å². The minimum atomic E-state index is 0.196. The van der Waals surface area contributed by atoms with Crippen molar-refractivity contribution in [2.75, 3.05) is 5.32 Å². The van der Waals surface area contributed by atoms with Crippen molar-refractivity contribution in [2.24, 2.45) is 5.92 Å². The number of halogens is 2. The molecule has 0 amide bonds. The molecule has 1 aromatic rings. The highest BCUT2D eigenvalue weighted by molar-refractivity contribution is 9.11. The van der Waals surface area contributed by atoms with Crippen molar-refractivity contribution in [1.29, 1.82) is 5.41 Å². The number of hydrogen-bond acceptors (Lipinski definition) is 2. The van der Waals surface area contributed by atoms with E-state index in [1.165, 1.54) is 5.57 Å². The van der Waals surface area contributed by atoms with Crippen LogP contribution in [0.15, 0.2) is 75.2 Å². The zero-order valence-corrected chi connectivity index (χ0v) is 17.2. The molecule has 0 saturated carbocycles. The second-order valence-electron chi connectivity index (χ2n) is 6.46. The van der Waals surface area contributed by atoms with Crippen LogP contribution in [0.3, 0.4) is 0 Å². The molecule has 2 N–H and O–H groups in total. The Balaban J connectivity index is 1.78. The van der Waals surface area contributed by atoms with E-state index in [9.17, 15) is 0 Å². The van der Waals surface area contributed by atoms with E-state index >= 15 is 0 Å². The summed E-state index contributed by atoms with van der Waals surface area (Å²) in [5.41, 5.74) is 2.98. The largest absolute Gasteiger partial charge is 0.381 e. The molecule has 0 saturated heterocycles. The zero-order chi connectivity index (χ0) is 17.6. The Labute approximate surface area is 166 Å². The molecule has 0 spiro atoms. The summed E-state index contributed by atoms with van der Waals surface area (Å²) >= 11 is 7.12. The van der Waals surface area contributed by atoms with Crippen molar-refractivity contribution in [1.82, 2.24) is 0 Å². The average molecular weight is 462 g/mol. The molecule has 0 heterocycles. The fraction of sp³-hybridized carbons (Fsp3) is 0.286. The van der Waals surface area contributed by atoms with E-state index in [4.69, 9.17) is 5.41 Å². The molecule has 0 fully saturated rings. The van der Waals surface area contributed by atoms with Gasteiger partial charge in [0.15, 0.2) is 0 Å². The van der Waals surface area contributed by atoms with E-state index in [1.807, 2.05) is 6.07 Å². The first-order valence-corrected chi connectivity index (χ1v) is 10.2. The van der Waals surface area contributed by atoms with Crippen molar-refractivity contribution >= 4 is 43.3 Å². The molecule has 2 aliphatic rings. The predicted octanol–water partition coefficient (Wildman–Crippen LogP) is 6.81. The lowest BCUT2D eigenvalue weighted by atomic mass is 9.86. The van der Waals surface area contributed by atoms with Crippen molar-refractivity contribution in [2.45, 2.75) is 31.7 Å². The Morgan fingerprint density at radius 3 is 2.56 bits per heavy atom. The fourth-order valence-corrected chi connectivity index (χ4v) is 4.56. The van der Waals surface area contributed by atoms with Crippen LogP contribution < -0.4 is 5.32 Å². The Kier molecular flexibility index (Phi) is 6.49. The fourth-order valence-electron chi connectivity index (χ4n) is 3.26. The molecule has 2 unspecified atom stereocenters. The third-order valence-electron chi connectivity index (χ3n) is 4.57. The van der Waals surface area contributed by atoms with Gasteiger partial charge in [-0.15, -0.1) is 0 Å². The lowest BCUT2D eigenvalue weighted by Gasteiger charge is -2.28. The minimum Gasteiger partial charge on any atom is -0.381 e. The molecular formula is C21H22Br2N2. The lowest BCUT2D eigenvalue weighted by Crippen LogP contribution is -2.31. The number of benzene rings is 1. The maximum absolute atomic E-state index is 8.58. The van der Waals surface area contributed by atoms with Crippen LogP contribution in [0.25, 0.3) is 0 Å². The quantitative estimate of drug-likeness (QED) is 0.448. The third-order valence-corrected chi connectivity index (χ3v) is 5.49. The first-order valence-electron chi connectivity index (χ1n) is 8.61. The Morgan fingerprint density at radius 1 is 1.12 bits per heavy atom. The number of nitrogens with one attached hydrogen (secondary N) is 2. The van der Waals surface area contributed by atoms with Crippen LogP contribution in [0.5, 0.6) is 0 Å². The zero-order valence-electron chi connectivity index (χ0n) is 14.0. The summed E-state index contributed by atoms with van der Waals surface area (Å²) < 4.78 is 2.08. The van der Waals surface area contributed by atoms with E-state index in [-0.39, 0.29) is 6.04 Å². The minimum absolute atomic E-state index is 0.196. The van der Waals surface area contributed by atoms with Gasteiger partial charge in [0.1, 0.15) is 0 Å². The third kappa shape index (κ3) is 5.29. The molecule has 2 atom stereocenters. The summed E-state index contributed by atoms with van der Waals surface area (Å²) in [5, 5.41) is 12.2. The van der Waals surface area contributed by atoms with Crippen molar-refractivity contribution in [3.63, 3.8) is 0 Å². The van der Waals surface area contributed by atoms with Gasteiger partial charge in [0.2, 0.25) is 0 Å². The van der Waals surface area contributed by atoms with Gasteiger partial charge < -0.3 is 10.7 Å². The van der Waals surface area contributed by atoms with Crippen LogP contribution in [-0.4, -0.2) is 11.8 Å². The van der Waals surface area contributed by atoms with Crippen LogP contribution in [0, 0.1) is 11.3 Å². The van der Waals surface area contributed by atoms with Gasteiger partial charge >= 0.3 is 0 Å². The summed E-state index contributed by atoms with van der Waals surface area (Å²) in [4.78, 5) is 0. The summed E-state index contributed by atoms with van der Waals surface area (Å²) in [6.07, 6.45) is 18.8. The normalized spacial score (nSPS) is 20.2. The van der Waals surface area contributed by atoms with E-state index < -0.39 is 0 Å². The van der Waals surface area contributed by atoms with Gasteiger partial charge in [0.25, 0.3) is 0 Å². The van der Waals surface area contributed by atoms with Gasteiger partial charge in [-0.2, -0.15) is 0 Å². The standard InChI is InChI=1S/C21H22Br2N2/c22-17-11-18(23)13-19(12-17)25-21(16-9-5-2-6-10-16)14-20(24)15-7-3-1-4-8-15/h1-3,5-7,9,11-13,16,21,24-25H,4,8,10,14H2. The molecule has 2 nitrogen and oxygen atoms in total. The molecule has 1 aromatic carbocycles. The maximum atomic E-state index is 8.58. The Hall–Kier alpha value is -1.39. The first-order chi connectivity index (χ1) is 12.1. The van der Waals surface area contributed by atoms with Crippen LogP contribution in [-0.2, 0) is 0 Å². The number of rotatable bonds is 6. The molecular weight excluding hydrogens is 440 g/mol. The SMILES string of the molecule is N=C(CC(Nc1cc(Br)cc(Br)c1)C1C=CC=CC1)C1=CC=CCC1. The molecule has 130 valence electrons. The van der Waals surface area contributed by atoms with E-state index in [0.29, 0.717) is 5.92 Å². The number of allylic oxidation sites excluding steroid dienone is 7. The summed E-state index contributed by atoms with van der Waals surface area (Å²) in [6.45, 7) is 0. The van der Waals surface area contributed by atoms with E-state index in [0.717, 1.165) is 46.0 Å². The van der Waals surface area contributed by atoms with Crippen LogP contribution in [0.4, 0.5) is 5.69 Å². The molecule has 0 radical (unpaired) electrons. The molecule has 2 aliphatic carbocycles. The van der Waals surface area contributed by atoms with Crippen molar-refractivity contribution < 1.29 is 0 Å². The topological polar surface area (TPSA) is 35.9 Å². The Morgan fingerprint density at radius 2 is 1.92 bits per heavy atom.